The van der Waals surface area contributed by atoms with Gasteiger partial charge in [-0.3, -0.25) is 0 Å². The second-order valence-electron chi connectivity index (χ2n) is 17.4. The van der Waals surface area contributed by atoms with Crippen molar-refractivity contribution in [2.75, 3.05) is 0 Å². The first-order valence-corrected chi connectivity index (χ1v) is 24.4. The van der Waals surface area contributed by atoms with Crippen LogP contribution in [-0.2, 0) is 5.41 Å². The molecule has 0 saturated heterocycles. The molecule has 0 N–H and O–H groups in total. The van der Waals surface area contributed by atoms with E-state index in [9.17, 15) is 0 Å². The zero-order valence-electron chi connectivity index (χ0n) is 35.2. The molecule has 1 heterocycles. The Bertz CT molecular complexity index is 3560. The molecular formula is C63H42Si. The van der Waals surface area contributed by atoms with E-state index in [1.54, 1.807) is 0 Å². The van der Waals surface area contributed by atoms with Crippen molar-refractivity contribution < 1.29 is 0 Å². The van der Waals surface area contributed by atoms with Gasteiger partial charge in [0.1, 0.15) is 0 Å². The summed E-state index contributed by atoms with van der Waals surface area (Å²) < 4.78 is 0. The van der Waals surface area contributed by atoms with E-state index in [1.807, 2.05) is 0 Å². The Balaban J connectivity index is 1.02. The Morgan fingerprint density at radius 2 is 0.828 bits per heavy atom. The van der Waals surface area contributed by atoms with Crippen molar-refractivity contribution in [2.45, 2.75) is 5.41 Å². The Morgan fingerprint density at radius 3 is 1.61 bits per heavy atom. The highest BCUT2D eigenvalue weighted by Crippen LogP contribution is 2.58. The van der Waals surface area contributed by atoms with Crippen LogP contribution in [-0.4, -0.2) is 8.07 Å². The summed E-state index contributed by atoms with van der Waals surface area (Å²) in [6.07, 6.45) is 0. The highest BCUT2D eigenvalue weighted by molar-refractivity contribution is 7.22. The van der Waals surface area contributed by atoms with Crippen molar-refractivity contribution in [2.24, 2.45) is 0 Å². The zero-order valence-corrected chi connectivity index (χ0v) is 36.2. The minimum Gasteiger partial charge on any atom is -0.0623 e. The van der Waals surface area contributed by atoms with E-state index < -0.39 is 13.5 Å². The molecule has 2 aliphatic rings. The quantitative estimate of drug-likeness (QED) is 0.116. The van der Waals surface area contributed by atoms with Gasteiger partial charge in [0.2, 0.25) is 0 Å². The molecule has 1 atom stereocenters. The summed E-state index contributed by atoms with van der Waals surface area (Å²) in [6.45, 7) is 0. The van der Waals surface area contributed by atoms with Crippen LogP contribution in [0.4, 0.5) is 0 Å². The molecule has 0 fully saturated rings. The summed E-state index contributed by atoms with van der Waals surface area (Å²) >= 11 is 0. The van der Waals surface area contributed by atoms with Gasteiger partial charge < -0.3 is 0 Å². The van der Waals surface area contributed by atoms with Gasteiger partial charge in [0.05, 0.1) is 5.41 Å². The molecule has 0 nitrogen and oxygen atoms in total. The topological polar surface area (TPSA) is 0 Å². The minimum atomic E-state index is -2.69. The summed E-state index contributed by atoms with van der Waals surface area (Å²) in [6, 6.07) is 96.1. The molecular weight excluding hydrogens is 785 g/mol. The summed E-state index contributed by atoms with van der Waals surface area (Å²) in [7, 11) is -2.69. The van der Waals surface area contributed by atoms with Gasteiger partial charge in [0.25, 0.3) is 0 Å². The molecule has 0 spiro atoms. The van der Waals surface area contributed by atoms with Gasteiger partial charge in [0.15, 0.2) is 8.07 Å². The molecule has 1 aliphatic carbocycles. The van der Waals surface area contributed by atoms with Gasteiger partial charge >= 0.3 is 0 Å². The maximum absolute atomic E-state index is 2.69. The van der Waals surface area contributed by atoms with Crippen molar-refractivity contribution in [3.8, 4) is 44.5 Å². The van der Waals surface area contributed by atoms with Crippen LogP contribution in [0.5, 0.6) is 0 Å². The van der Waals surface area contributed by atoms with Crippen LogP contribution in [0.15, 0.2) is 255 Å². The van der Waals surface area contributed by atoms with E-state index in [0.29, 0.717) is 0 Å². The van der Waals surface area contributed by atoms with Gasteiger partial charge in [0, 0.05) is 0 Å². The summed E-state index contributed by atoms with van der Waals surface area (Å²) in [4.78, 5) is 0. The number of hydrogen-bond acceptors (Lipinski definition) is 0. The van der Waals surface area contributed by atoms with Crippen LogP contribution in [0.1, 0.15) is 22.3 Å². The number of fused-ring (bicyclic) bond motifs is 9. The Kier molecular flexibility index (Phi) is 8.25. The van der Waals surface area contributed by atoms with E-state index in [4.69, 9.17) is 0 Å². The molecule has 0 saturated carbocycles. The molecule has 0 amide bonds. The molecule has 0 bridgehead atoms. The largest absolute Gasteiger partial charge is 0.180 e. The minimum absolute atomic E-state index is 0.530. The average molecular weight is 827 g/mol. The first kappa shape index (κ1) is 36.8. The van der Waals surface area contributed by atoms with Crippen LogP contribution in [0, 0.1) is 0 Å². The molecule has 1 aliphatic heterocycles. The van der Waals surface area contributed by atoms with Crippen LogP contribution in [0.3, 0.4) is 0 Å². The number of benzene rings is 11. The van der Waals surface area contributed by atoms with Crippen molar-refractivity contribution in [1.29, 1.82) is 0 Å². The number of rotatable bonds is 6. The molecule has 13 rings (SSSR count). The third-order valence-corrected chi connectivity index (χ3v) is 19.3. The smallest absolute Gasteiger partial charge is 0.0623 e. The SMILES string of the molecule is c1ccc(C2(c3ccc(-c4cccc5c4ccc4ccccc45)cc3)c3ccccc3-c3c(-c4cccc([Si]5(c6ccccc6)c6ccccc6-c6ccccc65)c4)cccc32)cc1. The second kappa shape index (κ2) is 14.4. The predicted octanol–water partition coefficient (Wildman–Crippen LogP) is 13.0. The lowest BCUT2D eigenvalue weighted by molar-refractivity contribution is 0.769. The third-order valence-electron chi connectivity index (χ3n) is 14.5. The third kappa shape index (κ3) is 5.10. The Morgan fingerprint density at radius 1 is 0.281 bits per heavy atom. The van der Waals surface area contributed by atoms with Gasteiger partial charge in [-0.15, -0.1) is 0 Å². The highest BCUT2D eigenvalue weighted by Gasteiger charge is 2.49. The second-order valence-corrected chi connectivity index (χ2v) is 21.2. The van der Waals surface area contributed by atoms with E-state index in [-0.39, 0.29) is 0 Å². The Labute approximate surface area is 375 Å². The molecule has 0 radical (unpaired) electrons. The van der Waals surface area contributed by atoms with Crippen molar-refractivity contribution >= 4 is 50.4 Å². The van der Waals surface area contributed by atoms with Crippen molar-refractivity contribution in [1.82, 2.24) is 0 Å². The molecule has 1 heteroatoms. The molecule has 64 heavy (non-hydrogen) atoms. The van der Waals surface area contributed by atoms with E-state index in [0.717, 1.165) is 0 Å². The predicted molar refractivity (Wildman–Crippen MR) is 272 cm³/mol. The first-order valence-electron chi connectivity index (χ1n) is 22.4. The molecule has 11 aromatic rings. The summed E-state index contributed by atoms with van der Waals surface area (Å²) in [5.41, 5.74) is 14.9. The monoisotopic (exact) mass is 826 g/mol. The summed E-state index contributed by atoms with van der Waals surface area (Å²) in [5.74, 6) is 0. The highest BCUT2D eigenvalue weighted by atomic mass is 28.3. The van der Waals surface area contributed by atoms with E-state index in [1.165, 1.54) is 109 Å². The number of hydrogen-bond donors (Lipinski definition) is 0. The molecule has 1 unspecified atom stereocenters. The fraction of sp³-hybridized carbons (Fsp3) is 0.0159. The van der Waals surface area contributed by atoms with Crippen LogP contribution >= 0.6 is 0 Å². The van der Waals surface area contributed by atoms with Gasteiger partial charge in [-0.2, -0.15) is 0 Å². The van der Waals surface area contributed by atoms with Crippen LogP contribution < -0.4 is 20.7 Å². The van der Waals surface area contributed by atoms with Crippen molar-refractivity contribution in [3.05, 3.63) is 277 Å². The maximum Gasteiger partial charge on any atom is 0.180 e. The molecule has 0 aromatic heterocycles. The maximum atomic E-state index is 2.54. The van der Waals surface area contributed by atoms with Gasteiger partial charge in [-0.05, 0) is 109 Å². The van der Waals surface area contributed by atoms with Crippen LogP contribution in [0.2, 0.25) is 0 Å². The lowest BCUT2D eigenvalue weighted by Crippen LogP contribution is -2.72. The summed E-state index contributed by atoms with van der Waals surface area (Å²) in [5, 5.41) is 10.9. The Hall–Kier alpha value is -7.84. The molecule has 298 valence electrons. The lowest BCUT2D eigenvalue weighted by atomic mass is 9.67. The van der Waals surface area contributed by atoms with E-state index >= 15 is 0 Å². The van der Waals surface area contributed by atoms with E-state index in [2.05, 4.69) is 255 Å². The average Bonchev–Trinajstić information content (AvgIpc) is 3.86. The van der Waals surface area contributed by atoms with Gasteiger partial charge in [-0.1, -0.05) is 255 Å². The molecule has 11 aromatic carbocycles. The first-order chi connectivity index (χ1) is 31.8. The van der Waals surface area contributed by atoms with Gasteiger partial charge in [-0.25, -0.2) is 0 Å². The van der Waals surface area contributed by atoms with Crippen LogP contribution in [0.25, 0.3) is 66.1 Å². The fourth-order valence-corrected chi connectivity index (χ4v) is 17.1. The normalized spacial score (nSPS) is 15.4. The zero-order chi connectivity index (χ0) is 42.2. The lowest BCUT2D eigenvalue weighted by Gasteiger charge is -2.34. The van der Waals surface area contributed by atoms with Crippen molar-refractivity contribution in [3.63, 3.8) is 0 Å². The fourth-order valence-electron chi connectivity index (χ4n) is 11.9. The standard InChI is InChI=1S/C63H42Si/c1-3-20-46(21-4-1)63(47-39-36-44(37-40-47)51-29-16-31-53-50-25-8-7-18-43(50)38-41-54(51)53)58-32-12-9-28-57(58)62-52(30-17-33-59(62)63)45-19-15-24-49(42-45)64(48-22-5-2-6-23-48)60-34-13-10-26-55(60)56-27-11-14-35-61(56)64/h1-42H.